The summed E-state index contributed by atoms with van der Waals surface area (Å²) >= 11 is 0. The average Bonchev–Trinajstić information content (AvgIpc) is 3.16. The summed E-state index contributed by atoms with van der Waals surface area (Å²) < 4.78 is 5.18. The molecule has 1 N–H and O–H groups in total. The lowest BCUT2D eigenvalue weighted by molar-refractivity contribution is -0.136. The topological polar surface area (TPSA) is 108 Å². The maximum atomic E-state index is 13.1. The lowest BCUT2D eigenvalue weighted by atomic mass is 9.87. The fourth-order valence-corrected chi connectivity index (χ4v) is 5.72. The van der Waals surface area contributed by atoms with Gasteiger partial charge in [0, 0.05) is 25.4 Å². The molecule has 0 saturated carbocycles. The van der Waals surface area contributed by atoms with E-state index >= 15 is 0 Å². The standard InChI is InChI=1S/C29H38N4O5/c1-3-30-22(19-38-2)8-6-4-5-7-15-32-16-13-20(14-17-32)21-9-10-23-24(18-21)29(37)33(28(23)36)25-11-12-26(34)31-27(25)35/h3,9-10,18,20,25H,1,4-8,11-17,19H2,2H3,(H,31,34,35). The fraction of sp³-hybridized carbons (Fsp3) is 0.552. The van der Waals surface area contributed by atoms with Gasteiger partial charge in [-0.15, -0.1) is 0 Å². The zero-order valence-corrected chi connectivity index (χ0v) is 22.2. The van der Waals surface area contributed by atoms with Crippen LogP contribution >= 0.6 is 0 Å². The van der Waals surface area contributed by atoms with Crippen LogP contribution in [0.5, 0.6) is 0 Å². The van der Waals surface area contributed by atoms with Crippen molar-refractivity contribution in [3.05, 3.63) is 47.7 Å². The molecule has 1 aromatic rings. The number of hydrogen-bond acceptors (Lipinski definition) is 7. The summed E-state index contributed by atoms with van der Waals surface area (Å²) in [5.41, 5.74) is 2.83. The molecule has 9 nitrogen and oxygen atoms in total. The maximum Gasteiger partial charge on any atom is 0.262 e. The van der Waals surface area contributed by atoms with Crippen LogP contribution in [0.2, 0.25) is 0 Å². The van der Waals surface area contributed by atoms with Crippen LogP contribution in [0.15, 0.2) is 36.0 Å². The highest BCUT2D eigenvalue weighted by molar-refractivity contribution is 6.23. The van der Waals surface area contributed by atoms with Crippen LogP contribution in [0.1, 0.15) is 90.0 Å². The lowest BCUT2D eigenvalue weighted by Crippen LogP contribution is -2.54. The van der Waals surface area contributed by atoms with Crippen molar-refractivity contribution in [3.8, 4) is 0 Å². The number of imide groups is 2. The second-order valence-corrected chi connectivity index (χ2v) is 10.3. The van der Waals surface area contributed by atoms with Gasteiger partial charge in [-0.1, -0.05) is 25.5 Å². The molecule has 3 aliphatic rings. The van der Waals surface area contributed by atoms with E-state index in [2.05, 4.69) is 21.8 Å². The van der Waals surface area contributed by atoms with Crippen LogP contribution in [0, 0.1) is 0 Å². The van der Waals surface area contributed by atoms with E-state index in [4.69, 9.17) is 4.74 Å². The van der Waals surface area contributed by atoms with E-state index < -0.39 is 23.8 Å². The number of hydrogen-bond donors (Lipinski definition) is 1. The van der Waals surface area contributed by atoms with E-state index in [0.717, 1.165) is 61.5 Å². The average molecular weight is 523 g/mol. The van der Waals surface area contributed by atoms with E-state index in [1.54, 1.807) is 19.4 Å². The minimum atomic E-state index is -0.931. The number of ether oxygens (including phenoxy) is 1. The molecule has 0 aliphatic carbocycles. The Morgan fingerprint density at radius 1 is 1.05 bits per heavy atom. The van der Waals surface area contributed by atoms with Crippen LogP contribution in [-0.4, -0.2) is 78.5 Å². The molecule has 0 spiro atoms. The van der Waals surface area contributed by atoms with Crippen LogP contribution < -0.4 is 5.32 Å². The molecule has 1 unspecified atom stereocenters. The molecule has 38 heavy (non-hydrogen) atoms. The number of nitrogens with zero attached hydrogens (tertiary/aromatic N) is 3. The minimum Gasteiger partial charge on any atom is -0.379 e. The van der Waals surface area contributed by atoms with Gasteiger partial charge in [0.1, 0.15) is 6.04 Å². The van der Waals surface area contributed by atoms with Crippen LogP contribution in [0.4, 0.5) is 0 Å². The van der Waals surface area contributed by atoms with Gasteiger partial charge in [0.05, 0.1) is 17.7 Å². The normalized spacial score (nSPS) is 21.1. The fourth-order valence-electron chi connectivity index (χ4n) is 5.72. The first kappa shape index (κ1) is 27.9. The molecular formula is C29H38N4O5. The van der Waals surface area contributed by atoms with Crippen molar-refractivity contribution in [1.82, 2.24) is 15.1 Å². The molecule has 1 atom stereocenters. The predicted molar refractivity (Wildman–Crippen MR) is 144 cm³/mol. The molecule has 0 bridgehead atoms. The zero-order chi connectivity index (χ0) is 27.1. The lowest BCUT2D eigenvalue weighted by Gasteiger charge is -2.32. The van der Waals surface area contributed by atoms with Crippen LogP contribution in [0.25, 0.3) is 0 Å². The van der Waals surface area contributed by atoms with Gasteiger partial charge < -0.3 is 9.64 Å². The Kier molecular flexibility index (Phi) is 9.58. The predicted octanol–water partition coefficient (Wildman–Crippen LogP) is 3.45. The Balaban J connectivity index is 1.23. The van der Waals surface area contributed by atoms with Gasteiger partial charge in [0.25, 0.3) is 11.8 Å². The highest BCUT2D eigenvalue weighted by atomic mass is 16.5. The smallest absolute Gasteiger partial charge is 0.262 e. The van der Waals surface area contributed by atoms with Gasteiger partial charge in [0.2, 0.25) is 11.8 Å². The third kappa shape index (κ3) is 6.45. The van der Waals surface area contributed by atoms with Gasteiger partial charge in [-0.05, 0) is 81.8 Å². The van der Waals surface area contributed by atoms with Crippen molar-refractivity contribution in [3.63, 3.8) is 0 Å². The molecule has 1 aromatic carbocycles. The number of unbranched alkanes of at least 4 members (excludes halogenated alkanes) is 3. The first-order chi connectivity index (χ1) is 18.4. The molecule has 2 fully saturated rings. The summed E-state index contributed by atoms with van der Waals surface area (Å²) in [6, 6.07) is 4.58. The first-order valence-electron chi connectivity index (χ1n) is 13.7. The van der Waals surface area contributed by atoms with Crippen LogP contribution in [-0.2, 0) is 14.3 Å². The van der Waals surface area contributed by atoms with Gasteiger partial charge in [-0.3, -0.25) is 34.4 Å². The molecule has 0 radical (unpaired) electrons. The monoisotopic (exact) mass is 522 g/mol. The molecule has 4 amide bonds. The zero-order valence-electron chi connectivity index (χ0n) is 22.2. The quantitative estimate of drug-likeness (QED) is 0.256. The Labute approximate surface area is 224 Å². The number of likely N-dealkylation sites (tertiary alicyclic amines) is 1. The number of benzene rings is 1. The van der Waals surface area contributed by atoms with Gasteiger partial charge in [-0.2, -0.15) is 0 Å². The van der Waals surface area contributed by atoms with Crippen molar-refractivity contribution < 1.29 is 23.9 Å². The van der Waals surface area contributed by atoms with Crippen molar-refractivity contribution in [2.75, 3.05) is 33.4 Å². The van der Waals surface area contributed by atoms with Gasteiger partial charge in [0.15, 0.2) is 0 Å². The Bertz CT molecular complexity index is 1110. The number of methoxy groups -OCH3 is 1. The molecule has 204 valence electrons. The summed E-state index contributed by atoms with van der Waals surface area (Å²) in [5, 5.41) is 2.24. The Hall–Kier alpha value is -3.17. The van der Waals surface area contributed by atoms with Gasteiger partial charge in [-0.25, -0.2) is 0 Å². The summed E-state index contributed by atoms with van der Waals surface area (Å²) in [5.74, 6) is -1.51. The van der Waals surface area contributed by atoms with Crippen LogP contribution in [0.3, 0.4) is 0 Å². The number of aliphatic imine (C=N–C) groups is 1. The van der Waals surface area contributed by atoms with Gasteiger partial charge >= 0.3 is 0 Å². The minimum absolute atomic E-state index is 0.119. The second kappa shape index (κ2) is 13.1. The third-order valence-electron chi connectivity index (χ3n) is 7.80. The molecule has 0 aromatic heterocycles. The summed E-state index contributed by atoms with van der Waals surface area (Å²) in [4.78, 5) is 57.7. The van der Waals surface area contributed by atoms with Crippen molar-refractivity contribution >= 4 is 29.3 Å². The SMILES string of the molecule is C=CN=C(CCCCCCN1CCC(c2ccc3c(c2)C(=O)N(C2CCC(=O)NC2=O)C3=O)CC1)COC. The highest BCUT2D eigenvalue weighted by Gasteiger charge is 2.44. The number of piperidine rings is 2. The molecular weight excluding hydrogens is 484 g/mol. The van der Waals surface area contributed by atoms with E-state index in [1.807, 2.05) is 12.1 Å². The molecule has 2 saturated heterocycles. The van der Waals surface area contributed by atoms with E-state index in [1.165, 1.54) is 19.3 Å². The number of rotatable bonds is 12. The van der Waals surface area contributed by atoms with E-state index in [0.29, 0.717) is 23.7 Å². The highest BCUT2D eigenvalue weighted by Crippen LogP contribution is 2.33. The third-order valence-corrected chi connectivity index (χ3v) is 7.80. The number of carbonyl (C=O) groups excluding carboxylic acids is 4. The Morgan fingerprint density at radius 2 is 1.79 bits per heavy atom. The number of amides is 4. The second-order valence-electron chi connectivity index (χ2n) is 10.3. The van der Waals surface area contributed by atoms with E-state index in [-0.39, 0.29) is 18.7 Å². The number of fused-ring (bicyclic) bond motifs is 1. The molecule has 4 rings (SSSR count). The summed E-state index contributed by atoms with van der Waals surface area (Å²) in [6.45, 7) is 7.35. The molecule has 3 aliphatic heterocycles. The number of carbonyl (C=O) groups is 4. The maximum absolute atomic E-state index is 13.1. The molecule has 3 heterocycles. The summed E-state index contributed by atoms with van der Waals surface area (Å²) in [7, 11) is 1.68. The Morgan fingerprint density at radius 3 is 2.50 bits per heavy atom. The van der Waals surface area contributed by atoms with E-state index in [9.17, 15) is 19.2 Å². The number of nitrogens with one attached hydrogen (secondary N) is 1. The first-order valence-corrected chi connectivity index (χ1v) is 13.7. The summed E-state index contributed by atoms with van der Waals surface area (Å²) in [6.07, 6.45) is 9.49. The molecule has 9 heteroatoms. The van der Waals surface area contributed by atoms with Crippen molar-refractivity contribution in [2.45, 2.75) is 69.7 Å². The largest absolute Gasteiger partial charge is 0.379 e. The van der Waals surface area contributed by atoms with Crippen molar-refractivity contribution in [1.29, 1.82) is 0 Å². The van der Waals surface area contributed by atoms with Crippen molar-refractivity contribution in [2.24, 2.45) is 4.99 Å².